The Morgan fingerprint density at radius 1 is 1.24 bits per heavy atom. The van der Waals surface area contributed by atoms with Crippen molar-refractivity contribution in [1.29, 1.82) is 0 Å². The number of benzene rings is 1. The predicted molar refractivity (Wildman–Crippen MR) is 107 cm³/mol. The molecule has 0 saturated carbocycles. The number of ether oxygens (including phenoxy) is 1. The summed E-state index contributed by atoms with van der Waals surface area (Å²) in [7, 11) is 0. The molecule has 158 valence electrons. The number of rotatable bonds is 9. The molecule has 0 aliphatic carbocycles. The largest absolute Gasteiger partial charge is 0.445 e. The maximum Gasteiger partial charge on any atom is 0.407 e. The van der Waals surface area contributed by atoms with Gasteiger partial charge in [0.05, 0.1) is 6.04 Å². The molecule has 29 heavy (non-hydrogen) atoms. The molecule has 2 atom stereocenters. The summed E-state index contributed by atoms with van der Waals surface area (Å²) in [5, 5.41) is 5.14. The van der Waals surface area contributed by atoms with Gasteiger partial charge in [-0.25, -0.2) is 4.79 Å². The summed E-state index contributed by atoms with van der Waals surface area (Å²) < 4.78 is 5.08. The SMILES string of the molecule is CC(C)CC(C=O)NC(=O)C1CCCN1C(=O)CNC(=O)OCc1ccccc1. The van der Waals surface area contributed by atoms with Crippen LogP contribution in [0.4, 0.5) is 4.79 Å². The Labute approximate surface area is 171 Å². The lowest BCUT2D eigenvalue weighted by Gasteiger charge is -2.25. The van der Waals surface area contributed by atoms with Crippen molar-refractivity contribution in [2.45, 2.75) is 51.8 Å². The molecule has 1 heterocycles. The Morgan fingerprint density at radius 3 is 2.62 bits per heavy atom. The van der Waals surface area contributed by atoms with Crippen molar-refractivity contribution in [2.75, 3.05) is 13.1 Å². The number of nitrogens with one attached hydrogen (secondary N) is 2. The second-order valence-electron chi connectivity index (χ2n) is 7.54. The van der Waals surface area contributed by atoms with Gasteiger partial charge in [-0.1, -0.05) is 44.2 Å². The standard InChI is InChI=1S/C21H29N3O5/c1-15(2)11-17(13-25)23-20(27)18-9-6-10-24(18)19(26)12-22-21(28)29-14-16-7-4-3-5-8-16/h3-5,7-8,13,15,17-18H,6,9-12,14H2,1-2H3,(H,22,28)(H,23,27). The summed E-state index contributed by atoms with van der Waals surface area (Å²) in [6.07, 6.45) is 1.80. The summed E-state index contributed by atoms with van der Waals surface area (Å²) in [6.45, 7) is 4.24. The second kappa shape index (κ2) is 11.2. The van der Waals surface area contributed by atoms with Gasteiger partial charge in [0.2, 0.25) is 11.8 Å². The zero-order chi connectivity index (χ0) is 21.2. The van der Waals surface area contributed by atoms with E-state index in [1.165, 1.54) is 4.90 Å². The van der Waals surface area contributed by atoms with E-state index in [-0.39, 0.29) is 30.9 Å². The van der Waals surface area contributed by atoms with E-state index in [9.17, 15) is 19.2 Å². The molecule has 0 bridgehead atoms. The number of hydrogen-bond donors (Lipinski definition) is 2. The van der Waals surface area contributed by atoms with E-state index in [0.717, 1.165) is 11.8 Å². The Morgan fingerprint density at radius 2 is 1.97 bits per heavy atom. The third kappa shape index (κ3) is 7.21. The Bertz CT molecular complexity index is 708. The maximum absolute atomic E-state index is 12.5. The lowest BCUT2D eigenvalue weighted by atomic mass is 10.0. The molecule has 3 amide bonds. The van der Waals surface area contributed by atoms with Gasteiger partial charge >= 0.3 is 6.09 Å². The van der Waals surface area contributed by atoms with Crippen molar-refractivity contribution >= 4 is 24.2 Å². The predicted octanol–water partition coefficient (Wildman–Crippen LogP) is 1.63. The highest BCUT2D eigenvalue weighted by atomic mass is 16.5. The minimum atomic E-state index is -0.694. The first-order chi connectivity index (χ1) is 13.9. The summed E-state index contributed by atoms with van der Waals surface area (Å²) >= 11 is 0. The molecule has 1 aliphatic heterocycles. The summed E-state index contributed by atoms with van der Waals surface area (Å²) in [6, 6.07) is 8.02. The minimum Gasteiger partial charge on any atom is -0.445 e. The Kier molecular flexibility index (Phi) is 8.64. The average molecular weight is 403 g/mol. The van der Waals surface area contributed by atoms with Crippen LogP contribution in [0.2, 0.25) is 0 Å². The molecule has 8 heteroatoms. The Hall–Kier alpha value is -2.90. The number of carbonyl (C=O) groups excluding carboxylic acids is 4. The maximum atomic E-state index is 12.5. The second-order valence-corrected chi connectivity index (χ2v) is 7.54. The fourth-order valence-corrected chi connectivity index (χ4v) is 3.30. The number of aldehydes is 1. The van der Waals surface area contributed by atoms with E-state index >= 15 is 0 Å². The smallest absolute Gasteiger partial charge is 0.407 e. The monoisotopic (exact) mass is 403 g/mol. The van der Waals surface area contributed by atoms with Gasteiger partial charge in [-0.05, 0) is 30.7 Å². The summed E-state index contributed by atoms with van der Waals surface area (Å²) in [5.74, 6) is -0.427. The van der Waals surface area contributed by atoms with Crippen LogP contribution in [0.5, 0.6) is 0 Å². The highest BCUT2D eigenvalue weighted by Crippen LogP contribution is 2.18. The van der Waals surface area contributed by atoms with Gasteiger partial charge in [0, 0.05) is 6.54 Å². The zero-order valence-electron chi connectivity index (χ0n) is 16.9. The summed E-state index contributed by atoms with van der Waals surface area (Å²) in [4.78, 5) is 49.5. The van der Waals surface area contributed by atoms with Gasteiger partial charge < -0.3 is 25.1 Å². The van der Waals surface area contributed by atoms with E-state index in [0.29, 0.717) is 25.8 Å². The van der Waals surface area contributed by atoms with Gasteiger partial charge in [0.15, 0.2) is 0 Å². The molecular formula is C21H29N3O5. The number of likely N-dealkylation sites (tertiary alicyclic amines) is 1. The van der Waals surface area contributed by atoms with Crippen LogP contribution >= 0.6 is 0 Å². The van der Waals surface area contributed by atoms with E-state index in [4.69, 9.17) is 4.74 Å². The lowest BCUT2D eigenvalue weighted by Crippen LogP contribution is -2.51. The molecule has 0 aromatic heterocycles. The fraction of sp³-hybridized carbons (Fsp3) is 0.524. The van der Waals surface area contributed by atoms with E-state index < -0.39 is 18.2 Å². The molecule has 1 saturated heterocycles. The molecule has 2 unspecified atom stereocenters. The molecule has 1 aromatic rings. The molecule has 8 nitrogen and oxygen atoms in total. The van der Waals surface area contributed by atoms with Crippen LogP contribution in [0.15, 0.2) is 30.3 Å². The van der Waals surface area contributed by atoms with Crippen LogP contribution in [0.25, 0.3) is 0 Å². The number of carbonyl (C=O) groups is 4. The average Bonchev–Trinajstić information content (AvgIpc) is 3.20. The van der Waals surface area contributed by atoms with Crippen LogP contribution in [-0.2, 0) is 25.7 Å². The van der Waals surface area contributed by atoms with Crippen molar-refractivity contribution in [1.82, 2.24) is 15.5 Å². The molecule has 1 fully saturated rings. The summed E-state index contributed by atoms with van der Waals surface area (Å²) in [5.41, 5.74) is 0.844. The van der Waals surface area contributed by atoms with Crippen molar-refractivity contribution in [3.05, 3.63) is 35.9 Å². The van der Waals surface area contributed by atoms with Crippen LogP contribution < -0.4 is 10.6 Å². The van der Waals surface area contributed by atoms with Gasteiger partial charge in [-0.15, -0.1) is 0 Å². The van der Waals surface area contributed by atoms with E-state index in [2.05, 4.69) is 10.6 Å². The number of alkyl carbamates (subject to hydrolysis) is 1. The number of amides is 3. The minimum absolute atomic E-state index is 0.110. The van der Waals surface area contributed by atoms with Gasteiger partial charge in [0.1, 0.15) is 25.5 Å². The number of nitrogens with zero attached hydrogens (tertiary/aromatic N) is 1. The third-order valence-corrected chi connectivity index (χ3v) is 4.69. The third-order valence-electron chi connectivity index (χ3n) is 4.69. The van der Waals surface area contributed by atoms with Crippen LogP contribution in [-0.4, -0.2) is 54.3 Å². The quantitative estimate of drug-likeness (QED) is 0.610. The molecule has 2 rings (SSSR count). The lowest BCUT2D eigenvalue weighted by molar-refractivity contribution is -0.138. The van der Waals surface area contributed by atoms with E-state index in [1.807, 2.05) is 44.2 Å². The van der Waals surface area contributed by atoms with Crippen molar-refractivity contribution in [3.63, 3.8) is 0 Å². The highest BCUT2D eigenvalue weighted by Gasteiger charge is 2.34. The zero-order valence-corrected chi connectivity index (χ0v) is 16.9. The molecule has 2 N–H and O–H groups in total. The van der Waals surface area contributed by atoms with Crippen LogP contribution in [0.3, 0.4) is 0 Å². The van der Waals surface area contributed by atoms with Crippen molar-refractivity contribution in [2.24, 2.45) is 5.92 Å². The first-order valence-corrected chi connectivity index (χ1v) is 9.90. The molecule has 1 aliphatic rings. The number of hydrogen-bond acceptors (Lipinski definition) is 5. The fourth-order valence-electron chi connectivity index (χ4n) is 3.30. The molecule has 1 aromatic carbocycles. The first kappa shape index (κ1) is 22.4. The van der Waals surface area contributed by atoms with Crippen molar-refractivity contribution in [3.8, 4) is 0 Å². The molecule has 0 spiro atoms. The van der Waals surface area contributed by atoms with Crippen molar-refractivity contribution < 1.29 is 23.9 Å². The topological polar surface area (TPSA) is 105 Å². The molecule has 0 radical (unpaired) electrons. The van der Waals surface area contributed by atoms with Gasteiger partial charge in [-0.2, -0.15) is 0 Å². The van der Waals surface area contributed by atoms with E-state index in [1.54, 1.807) is 0 Å². The van der Waals surface area contributed by atoms with Gasteiger partial charge in [-0.3, -0.25) is 9.59 Å². The first-order valence-electron chi connectivity index (χ1n) is 9.90. The Balaban J connectivity index is 1.80. The van der Waals surface area contributed by atoms with Crippen LogP contribution in [0, 0.1) is 5.92 Å². The van der Waals surface area contributed by atoms with Gasteiger partial charge in [0.25, 0.3) is 0 Å². The van der Waals surface area contributed by atoms with Crippen LogP contribution in [0.1, 0.15) is 38.7 Å². The normalized spacial score (nSPS) is 16.9. The highest BCUT2D eigenvalue weighted by molar-refractivity contribution is 5.91. The molecular weight excluding hydrogens is 374 g/mol.